The third kappa shape index (κ3) is 2.97. The van der Waals surface area contributed by atoms with E-state index in [2.05, 4.69) is 5.32 Å². The van der Waals surface area contributed by atoms with Gasteiger partial charge in [0.25, 0.3) is 11.6 Å². The van der Waals surface area contributed by atoms with Gasteiger partial charge in [-0.3, -0.25) is 14.9 Å². The maximum Gasteiger partial charge on any atom is 0.289 e. The first kappa shape index (κ1) is 14.5. The molecule has 0 atom stereocenters. The summed E-state index contributed by atoms with van der Waals surface area (Å²) in [6, 6.07) is 5.96. The molecule has 1 aromatic carbocycles. The largest absolute Gasteiger partial charge is 0.322 e. The van der Waals surface area contributed by atoms with Gasteiger partial charge in [-0.2, -0.15) is 0 Å². The molecular weight excluding hydrogens is 300 g/mol. The van der Waals surface area contributed by atoms with Gasteiger partial charge in [0.1, 0.15) is 5.02 Å². The fraction of sp³-hybridized carbons (Fsp3) is 0.154. The molecule has 0 spiro atoms. The van der Waals surface area contributed by atoms with E-state index in [-0.39, 0.29) is 16.6 Å². The summed E-state index contributed by atoms with van der Waals surface area (Å²) < 4.78 is 0. The SMILES string of the molecule is Cc1cc(C(=O)Nc2ccc(Cl)c([N+](=O)[O-])c2)c(C)s1. The molecule has 0 aliphatic carbocycles. The lowest BCUT2D eigenvalue weighted by Crippen LogP contribution is -2.12. The Morgan fingerprint density at radius 1 is 1.35 bits per heavy atom. The number of rotatable bonds is 3. The van der Waals surface area contributed by atoms with E-state index in [0.717, 1.165) is 9.75 Å². The minimum atomic E-state index is -0.585. The highest BCUT2D eigenvalue weighted by Gasteiger charge is 2.16. The highest BCUT2D eigenvalue weighted by atomic mass is 35.5. The number of benzene rings is 1. The summed E-state index contributed by atoms with van der Waals surface area (Å²) >= 11 is 7.25. The lowest BCUT2D eigenvalue weighted by atomic mass is 10.2. The monoisotopic (exact) mass is 310 g/mol. The van der Waals surface area contributed by atoms with Crippen LogP contribution in [0.5, 0.6) is 0 Å². The van der Waals surface area contributed by atoms with Gasteiger partial charge in [0, 0.05) is 21.5 Å². The van der Waals surface area contributed by atoms with Crippen LogP contribution in [0.2, 0.25) is 5.02 Å². The van der Waals surface area contributed by atoms with Crippen molar-refractivity contribution in [2.45, 2.75) is 13.8 Å². The Morgan fingerprint density at radius 2 is 2.05 bits per heavy atom. The normalized spacial score (nSPS) is 10.3. The molecule has 0 unspecified atom stereocenters. The fourth-order valence-corrected chi connectivity index (χ4v) is 2.89. The minimum Gasteiger partial charge on any atom is -0.322 e. The van der Waals surface area contributed by atoms with E-state index in [9.17, 15) is 14.9 Å². The van der Waals surface area contributed by atoms with E-state index >= 15 is 0 Å². The Labute approximate surface area is 124 Å². The molecule has 1 heterocycles. The molecule has 7 heteroatoms. The minimum absolute atomic E-state index is 0.0376. The maximum absolute atomic E-state index is 12.1. The number of hydrogen-bond acceptors (Lipinski definition) is 4. The van der Waals surface area contributed by atoms with Crippen molar-refractivity contribution in [1.29, 1.82) is 0 Å². The predicted octanol–water partition coefficient (Wildman–Crippen LogP) is 4.18. The van der Waals surface area contributed by atoms with Crippen molar-refractivity contribution < 1.29 is 9.72 Å². The summed E-state index contributed by atoms with van der Waals surface area (Å²) in [5.41, 5.74) is 0.683. The number of nitrogens with zero attached hydrogens (tertiary/aromatic N) is 1. The molecule has 20 heavy (non-hydrogen) atoms. The molecule has 0 saturated carbocycles. The van der Waals surface area contributed by atoms with Gasteiger partial charge in [0.2, 0.25) is 0 Å². The summed E-state index contributed by atoms with van der Waals surface area (Å²) in [6.45, 7) is 3.78. The molecule has 1 amide bonds. The Bertz CT molecular complexity index is 697. The Morgan fingerprint density at radius 3 is 2.60 bits per heavy atom. The van der Waals surface area contributed by atoms with Crippen molar-refractivity contribution in [2.24, 2.45) is 0 Å². The summed E-state index contributed by atoms with van der Waals surface area (Å²) in [7, 11) is 0. The lowest BCUT2D eigenvalue weighted by molar-refractivity contribution is -0.384. The lowest BCUT2D eigenvalue weighted by Gasteiger charge is -2.05. The first-order valence-corrected chi connectivity index (χ1v) is 6.90. The van der Waals surface area contributed by atoms with Gasteiger partial charge in [0.05, 0.1) is 10.5 Å². The number of nitro groups is 1. The first-order valence-electron chi connectivity index (χ1n) is 5.71. The zero-order valence-electron chi connectivity index (χ0n) is 10.8. The predicted molar refractivity (Wildman–Crippen MR) is 79.9 cm³/mol. The molecule has 0 bridgehead atoms. The van der Waals surface area contributed by atoms with Crippen LogP contribution in [0, 0.1) is 24.0 Å². The standard InChI is InChI=1S/C13H11ClN2O3S/c1-7-5-10(8(2)20-7)13(17)15-9-3-4-11(14)12(6-9)16(18)19/h3-6H,1-2H3,(H,15,17). The molecule has 0 radical (unpaired) electrons. The van der Waals surface area contributed by atoms with Gasteiger partial charge in [-0.05, 0) is 32.0 Å². The summed E-state index contributed by atoms with van der Waals surface area (Å²) in [6.07, 6.45) is 0. The molecule has 1 N–H and O–H groups in total. The molecule has 0 saturated heterocycles. The van der Waals surface area contributed by atoms with Crippen LogP contribution >= 0.6 is 22.9 Å². The average Bonchev–Trinajstić information content (AvgIpc) is 2.70. The maximum atomic E-state index is 12.1. The zero-order chi connectivity index (χ0) is 14.9. The Balaban J connectivity index is 2.26. The molecule has 0 fully saturated rings. The second-order valence-electron chi connectivity index (χ2n) is 4.20. The van der Waals surface area contributed by atoms with Gasteiger partial charge in [-0.15, -0.1) is 11.3 Å². The number of nitro benzene ring substituents is 1. The number of thiophene rings is 1. The third-order valence-electron chi connectivity index (χ3n) is 2.69. The molecule has 2 aromatic rings. The van der Waals surface area contributed by atoms with Crippen molar-refractivity contribution in [1.82, 2.24) is 0 Å². The van der Waals surface area contributed by atoms with Crippen LogP contribution in [0.4, 0.5) is 11.4 Å². The van der Waals surface area contributed by atoms with Crippen molar-refractivity contribution in [2.75, 3.05) is 5.32 Å². The number of aryl methyl sites for hydroxylation is 2. The molecule has 1 aromatic heterocycles. The van der Waals surface area contributed by atoms with E-state index in [4.69, 9.17) is 11.6 Å². The summed E-state index contributed by atoms with van der Waals surface area (Å²) in [5, 5.41) is 13.5. The number of carbonyl (C=O) groups is 1. The average molecular weight is 311 g/mol. The van der Waals surface area contributed by atoms with E-state index in [1.165, 1.54) is 29.5 Å². The van der Waals surface area contributed by atoms with Crippen LogP contribution in [0.3, 0.4) is 0 Å². The van der Waals surface area contributed by atoms with Crippen molar-refractivity contribution in [3.63, 3.8) is 0 Å². The molecule has 2 rings (SSSR count). The quantitative estimate of drug-likeness (QED) is 0.682. The Kier molecular flexibility index (Phi) is 4.06. The van der Waals surface area contributed by atoms with Crippen LogP contribution in [-0.2, 0) is 0 Å². The van der Waals surface area contributed by atoms with Crippen molar-refractivity contribution in [3.8, 4) is 0 Å². The van der Waals surface area contributed by atoms with E-state index in [0.29, 0.717) is 11.3 Å². The second-order valence-corrected chi connectivity index (χ2v) is 6.07. The van der Waals surface area contributed by atoms with Crippen LogP contribution in [0.1, 0.15) is 20.1 Å². The van der Waals surface area contributed by atoms with E-state index < -0.39 is 4.92 Å². The van der Waals surface area contributed by atoms with Gasteiger partial charge in [0.15, 0.2) is 0 Å². The molecule has 0 aliphatic heterocycles. The zero-order valence-corrected chi connectivity index (χ0v) is 12.3. The highest BCUT2D eigenvalue weighted by Crippen LogP contribution is 2.28. The Hall–Kier alpha value is -1.92. The summed E-state index contributed by atoms with van der Waals surface area (Å²) in [5.74, 6) is -0.288. The fourth-order valence-electron chi connectivity index (χ4n) is 1.79. The first-order chi connectivity index (χ1) is 9.38. The number of amides is 1. The van der Waals surface area contributed by atoms with E-state index in [1.807, 2.05) is 13.8 Å². The molecule has 5 nitrogen and oxygen atoms in total. The van der Waals surface area contributed by atoms with Crippen molar-refractivity contribution >= 4 is 40.2 Å². The summed E-state index contributed by atoms with van der Waals surface area (Å²) in [4.78, 5) is 24.3. The number of halogens is 1. The number of carbonyl (C=O) groups excluding carboxylic acids is 1. The molecular formula is C13H11ClN2O3S. The smallest absolute Gasteiger partial charge is 0.289 e. The third-order valence-corrected chi connectivity index (χ3v) is 3.97. The van der Waals surface area contributed by atoms with Crippen LogP contribution in [-0.4, -0.2) is 10.8 Å². The number of hydrogen-bond donors (Lipinski definition) is 1. The van der Waals surface area contributed by atoms with Crippen LogP contribution in [0.15, 0.2) is 24.3 Å². The van der Waals surface area contributed by atoms with E-state index in [1.54, 1.807) is 6.07 Å². The van der Waals surface area contributed by atoms with Gasteiger partial charge in [-0.25, -0.2) is 0 Å². The molecule has 0 aliphatic rings. The number of anilines is 1. The van der Waals surface area contributed by atoms with Gasteiger partial charge < -0.3 is 5.32 Å². The van der Waals surface area contributed by atoms with Crippen molar-refractivity contribution in [3.05, 3.63) is 54.7 Å². The van der Waals surface area contributed by atoms with Crippen LogP contribution in [0.25, 0.3) is 0 Å². The van der Waals surface area contributed by atoms with Crippen LogP contribution < -0.4 is 5.32 Å². The molecule has 104 valence electrons. The second kappa shape index (κ2) is 5.60. The van der Waals surface area contributed by atoms with Gasteiger partial charge in [-0.1, -0.05) is 11.6 Å². The highest BCUT2D eigenvalue weighted by molar-refractivity contribution is 7.12. The van der Waals surface area contributed by atoms with Gasteiger partial charge >= 0.3 is 0 Å². The topological polar surface area (TPSA) is 72.2 Å². The number of nitrogens with one attached hydrogen (secondary N) is 1.